The Bertz CT molecular complexity index is 1070. The van der Waals surface area contributed by atoms with Crippen molar-refractivity contribution in [2.45, 2.75) is 13.8 Å². The number of hydrogen-bond donors (Lipinski definition) is 1. The fourth-order valence-corrected chi connectivity index (χ4v) is 3.80. The lowest BCUT2D eigenvalue weighted by Crippen LogP contribution is -2.25. The molecule has 8 heteroatoms. The van der Waals surface area contributed by atoms with Crippen LogP contribution in [0.1, 0.15) is 16.9 Å². The van der Waals surface area contributed by atoms with E-state index in [1.807, 2.05) is 32.0 Å². The third-order valence-corrected chi connectivity index (χ3v) is 4.97. The number of methoxy groups -OCH3 is 1. The van der Waals surface area contributed by atoms with E-state index in [0.29, 0.717) is 28.0 Å². The van der Waals surface area contributed by atoms with Crippen molar-refractivity contribution >= 4 is 39.7 Å². The van der Waals surface area contributed by atoms with Gasteiger partial charge >= 0.3 is 0 Å². The van der Waals surface area contributed by atoms with Crippen LogP contribution >= 0.6 is 27.5 Å². The van der Waals surface area contributed by atoms with Crippen molar-refractivity contribution in [3.8, 4) is 22.8 Å². The van der Waals surface area contributed by atoms with Crippen molar-refractivity contribution in [2.24, 2.45) is 5.10 Å². The second-order valence-electron chi connectivity index (χ2n) is 6.50. The lowest BCUT2D eigenvalue weighted by molar-refractivity contribution is -0.123. The van der Waals surface area contributed by atoms with E-state index in [1.54, 1.807) is 31.4 Å². The molecule has 1 aromatic heterocycles. The summed E-state index contributed by atoms with van der Waals surface area (Å²) in [5.41, 5.74) is 5.12. The lowest BCUT2D eigenvalue weighted by Gasteiger charge is -2.11. The molecule has 156 valence electrons. The van der Waals surface area contributed by atoms with Gasteiger partial charge in [0.25, 0.3) is 5.91 Å². The molecule has 1 heterocycles. The first kappa shape index (κ1) is 21.9. The van der Waals surface area contributed by atoms with Gasteiger partial charge in [0.15, 0.2) is 6.61 Å². The zero-order valence-electron chi connectivity index (χ0n) is 16.7. The molecule has 3 rings (SSSR count). The van der Waals surface area contributed by atoms with Gasteiger partial charge in [-0.2, -0.15) is 5.10 Å². The van der Waals surface area contributed by atoms with Crippen LogP contribution in [0, 0.1) is 13.8 Å². The first-order valence-corrected chi connectivity index (χ1v) is 10.2. The Labute approximate surface area is 188 Å². The van der Waals surface area contributed by atoms with Gasteiger partial charge in [-0.3, -0.25) is 4.79 Å². The monoisotopic (exact) mass is 490 g/mol. The highest BCUT2D eigenvalue weighted by Gasteiger charge is 2.09. The Hall–Kier alpha value is -2.77. The van der Waals surface area contributed by atoms with Crippen LogP contribution in [0.15, 0.2) is 56.5 Å². The Morgan fingerprint density at radius 3 is 2.60 bits per heavy atom. The van der Waals surface area contributed by atoms with Crippen LogP contribution in [0.25, 0.3) is 11.3 Å². The molecule has 6 nitrogen and oxygen atoms in total. The molecule has 1 amide bonds. The number of rotatable bonds is 7. The number of carbonyl (C=O) groups excluding carboxylic acids is 1. The Balaban J connectivity index is 1.56. The third-order valence-electron chi connectivity index (χ3n) is 4.22. The number of nitrogens with one attached hydrogen (secondary N) is 1. The largest absolute Gasteiger partial charge is 0.495 e. The van der Waals surface area contributed by atoms with Gasteiger partial charge in [-0.05, 0) is 67.4 Å². The number of amides is 1. The van der Waals surface area contributed by atoms with Crippen molar-refractivity contribution in [1.82, 2.24) is 5.43 Å². The normalized spacial score (nSPS) is 11.0. The van der Waals surface area contributed by atoms with Gasteiger partial charge in [0.2, 0.25) is 0 Å². The Morgan fingerprint density at radius 1 is 1.20 bits per heavy atom. The summed E-state index contributed by atoms with van der Waals surface area (Å²) in [5, 5.41) is 4.40. The van der Waals surface area contributed by atoms with Crippen molar-refractivity contribution in [3.63, 3.8) is 0 Å². The van der Waals surface area contributed by atoms with Crippen LogP contribution in [0.2, 0.25) is 5.02 Å². The molecule has 0 spiro atoms. The van der Waals surface area contributed by atoms with Crippen LogP contribution in [0.4, 0.5) is 0 Å². The zero-order chi connectivity index (χ0) is 21.7. The maximum absolute atomic E-state index is 12.0. The van der Waals surface area contributed by atoms with Crippen LogP contribution in [0.5, 0.6) is 11.5 Å². The molecular formula is C22H20BrClN2O4. The summed E-state index contributed by atoms with van der Waals surface area (Å²) in [7, 11) is 1.56. The second-order valence-corrected chi connectivity index (χ2v) is 7.82. The number of nitrogens with zero attached hydrogens (tertiary/aromatic N) is 1. The molecule has 0 atom stereocenters. The van der Waals surface area contributed by atoms with Gasteiger partial charge in [-0.25, -0.2) is 5.43 Å². The predicted octanol–water partition coefficient (Wildman–Crippen LogP) is 5.52. The number of benzene rings is 2. The van der Waals surface area contributed by atoms with E-state index in [-0.39, 0.29) is 12.5 Å². The van der Waals surface area contributed by atoms with E-state index in [2.05, 4.69) is 26.5 Å². The minimum Gasteiger partial charge on any atom is -0.495 e. The molecule has 0 aliphatic heterocycles. The maximum Gasteiger partial charge on any atom is 0.277 e. The first-order chi connectivity index (χ1) is 14.4. The number of ether oxygens (including phenoxy) is 2. The minimum atomic E-state index is -0.373. The van der Waals surface area contributed by atoms with Crippen molar-refractivity contribution < 1.29 is 18.7 Å². The number of hydrazone groups is 1. The molecule has 0 saturated heterocycles. The third kappa shape index (κ3) is 5.43. The van der Waals surface area contributed by atoms with E-state index in [9.17, 15) is 4.79 Å². The smallest absolute Gasteiger partial charge is 0.277 e. The number of hydrogen-bond acceptors (Lipinski definition) is 5. The average molecular weight is 492 g/mol. The SMILES string of the molecule is COc1ccc(-c2ccc(C=NNC(=O)COc3c(C)cc(Br)cc3C)o2)cc1Cl. The van der Waals surface area contributed by atoms with Gasteiger partial charge < -0.3 is 13.9 Å². The molecule has 0 aliphatic rings. The van der Waals surface area contributed by atoms with E-state index < -0.39 is 0 Å². The zero-order valence-corrected chi connectivity index (χ0v) is 19.0. The maximum atomic E-state index is 12.0. The average Bonchev–Trinajstić information content (AvgIpc) is 3.16. The molecule has 0 fully saturated rings. The van der Waals surface area contributed by atoms with Crippen molar-refractivity contribution in [2.75, 3.05) is 13.7 Å². The summed E-state index contributed by atoms with van der Waals surface area (Å²) in [6.07, 6.45) is 1.42. The van der Waals surface area contributed by atoms with Gasteiger partial charge in [0, 0.05) is 10.0 Å². The predicted molar refractivity (Wildman–Crippen MR) is 121 cm³/mol. The molecule has 0 bridgehead atoms. The van der Waals surface area contributed by atoms with Crippen LogP contribution in [-0.4, -0.2) is 25.8 Å². The number of aryl methyl sites for hydroxylation is 2. The topological polar surface area (TPSA) is 73.1 Å². The van der Waals surface area contributed by atoms with Crippen molar-refractivity contribution in [1.29, 1.82) is 0 Å². The Morgan fingerprint density at radius 2 is 1.93 bits per heavy atom. The van der Waals surface area contributed by atoms with E-state index >= 15 is 0 Å². The minimum absolute atomic E-state index is 0.144. The van der Waals surface area contributed by atoms with E-state index in [0.717, 1.165) is 21.2 Å². The van der Waals surface area contributed by atoms with Gasteiger partial charge in [0.1, 0.15) is 23.0 Å². The van der Waals surface area contributed by atoms with Crippen LogP contribution < -0.4 is 14.9 Å². The second kappa shape index (κ2) is 9.82. The quantitative estimate of drug-likeness (QED) is 0.349. The van der Waals surface area contributed by atoms with Crippen molar-refractivity contribution in [3.05, 3.63) is 68.8 Å². The molecule has 3 aromatic rings. The molecule has 0 radical (unpaired) electrons. The standard InChI is InChI=1S/C22H20BrClN2O4/c1-13-8-16(23)9-14(2)22(13)29-12-21(27)26-25-11-17-5-7-19(30-17)15-4-6-20(28-3)18(24)10-15/h4-11H,12H2,1-3H3,(H,26,27). The fourth-order valence-electron chi connectivity index (χ4n) is 2.86. The molecule has 0 unspecified atom stereocenters. The summed E-state index contributed by atoms with van der Waals surface area (Å²) >= 11 is 9.59. The van der Waals surface area contributed by atoms with E-state index in [1.165, 1.54) is 6.21 Å². The summed E-state index contributed by atoms with van der Waals surface area (Å²) in [5.74, 6) is 2.01. The number of halogens is 2. The van der Waals surface area contributed by atoms with Crippen LogP contribution in [0.3, 0.4) is 0 Å². The van der Waals surface area contributed by atoms with Gasteiger partial charge in [-0.15, -0.1) is 0 Å². The van der Waals surface area contributed by atoms with Crippen LogP contribution in [-0.2, 0) is 4.79 Å². The summed E-state index contributed by atoms with van der Waals surface area (Å²) in [6, 6.07) is 12.8. The molecule has 1 N–H and O–H groups in total. The summed E-state index contributed by atoms with van der Waals surface area (Å²) in [6.45, 7) is 3.70. The highest BCUT2D eigenvalue weighted by atomic mass is 79.9. The number of carbonyl (C=O) groups is 1. The molecule has 0 saturated carbocycles. The molecule has 2 aromatic carbocycles. The summed E-state index contributed by atoms with van der Waals surface area (Å²) < 4.78 is 17.5. The lowest BCUT2D eigenvalue weighted by atomic mass is 10.1. The van der Waals surface area contributed by atoms with Gasteiger partial charge in [0.05, 0.1) is 18.3 Å². The molecule has 30 heavy (non-hydrogen) atoms. The Kier molecular flexibility index (Phi) is 7.18. The number of furan rings is 1. The van der Waals surface area contributed by atoms with Gasteiger partial charge in [-0.1, -0.05) is 27.5 Å². The molecule has 0 aliphatic carbocycles. The van der Waals surface area contributed by atoms with E-state index in [4.69, 9.17) is 25.5 Å². The molecular weight excluding hydrogens is 472 g/mol. The fraction of sp³-hybridized carbons (Fsp3) is 0.182. The highest BCUT2D eigenvalue weighted by molar-refractivity contribution is 9.10. The highest BCUT2D eigenvalue weighted by Crippen LogP contribution is 2.31. The summed E-state index contributed by atoms with van der Waals surface area (Å²) in [4.78, 5) is 12.0. The first-order valence-electron chi connectivity index (χ1n) is 9.02.